The fourth-order valence-electron chi connectivity index (χ4n) is 1.98. The Balaban J connectivity index is 1.91. The van der Waals surface area contributed by atoms with Gasteiger partial charge in [-0.2, -0.15) is 0 Å². The molecule has 1 aliphatic heterocycles. The maximum atomic E-state index is 12.1. The molecule has 0 aliphatic carbocycles. The van der Waals surface area contributed by atoms with Crippen molar-refractivity contribution in [3.8, 4) is 0 Å². The van der Waals surface area contributed by atoms with Crippen molar-refractivity contribution in [3.05, 3.63) is 42.7 Å². The van der Waals surface area contributed by atoms with Gasteiger partial charge in [-0.05, 0) is 19.1 Å². The van der Waals surface area contributed by atoms with Crippen LogP contribution in [0.5, 0.6) is 0 Å². The maximum absolute atomic E-state index is 12.1. The highest BCUT2D eigenvalue weighted by molar-refractivity contribution is 8.14. The average molecular weight is 336 g/mol. The van der Waals surface area contributed by atoms with Crippen LogP contribution >= 0.6 is 11.8 Å². The van der Waals surface area contributed by atoms with E-state index in [9.17, 15) is 14.4 Å². The summed E-state index contributed by atoms with van der Waals surface area (Å²) in [6.45, 7) is 5.03. The Morgan fingerprint density at radius 3 is 2.96 bits per heavy atom. The van der Waals surface area contributed by atoms with Gasteiger partial charge in [-0.25, -0.2) is 4.79 Å². The van der Waals surface area contributed by atoms with E-state index in [-0.39, 0.29) is 17.6 Å². The normalized spacial score (nSPS) is 20.7. The molecular weight excluding hydrogens is 320 g/mol. The first-order valence-corrected chi connectivity index (χ1v) is 7.76. The summed E-state index contributed by atoms with van der Waals surface area (Å²) in [6, 6.07) is 3.30. The van der Waals surface area contributed by atoms with Gasteiger partial charge in [-0.1, -0.05) is 24.4 Å². The van der Waals surface area contributed by atoms with E-state index in [1.165, 1.54) is 12.3 Å². The molecule has 8 heteroatoms. The second-order valence-electron chi connectivity index (χ2n) is 4.77. The minimum absolute atomic E-state index is 0.0279. The Morgan fingerprint density at radius 1 is 1.57 bits per heavy atom. The molecule has 1 saturated heterocycles. The number of rotatable bonds is 6. The molecule has 0 bridgehead atoms. The van der Waals surface area contributed by atoms with E-state index >= 15 is 0 Å². The molecule has 1 N–H and O–H groups in total. The lowest BCUT2D eigenvalue weighted by molar-refractivity contribution is -0.137. The SMILES string of the molecule is C=CCOC(=O)O[C@H](C)[C@H]1C(=O)N[C@@H]1SC(=O)c1cccnc1. The molecule has 0 aromatic carbocycles. The summed E-state index contributed by atoms with van der Waals surface area (Å²) in [5.74, 6) is -0.887. The van der Waals surface area contributed by atoms with Gasteiger partial charge in [0, 0.05) is 18.0 Å². The molecule has 0 radical (unpaired) electrons. The summed E-state index contributed by atoms with van der Waals surface area (Å²) in [7, 11) is 0. The van der Waals surface area contributed by atoms with E-state index < -0.39 is 23.6 Å². The minimum Gasteiger partial charge on any atom is -0.430 e. The molecular formula is C15H16N2O5S. The smallest absolute Gasteiger partial charge is 0.430 e. The lowest BCUT2D eigenvalue weighted by Crippen LogP contribution is -2.61. The zero-order chi connectivity index (χ0) is 16.8. The molecule has 0 saturated carbocycles. The van der Waals surface area contributed by atoms with Crippen LogP contribution in [-0.4, -0.2) is 40.2 Å². The van der Waals surface area contributed by atoms with Crippen molar-refractivity contribution in [3.63, 3.8) is 0 Å². The molecule has 0 unspecified atom stereocenters. The number of nitrogens with one attached hydrogen (secondary N) is 1. The van der Waals surface area contributed by atoms with Crippen molar-refractivity contribution in [2.75, 3.05) is 6.61 Å². The molecule has 7 nitrogen and oxygen atoms in total. The van der Waals surface area contributed by atoms with Crippen LogP contribution in [0.2, 0.25) is 0 Å². The first-order chi connectivity index (χ1) is 11.0. The summed E-state index contributed by atoms with van der Waals surface area (Å²) < 4.78 is 9.75. The Morgan fingerprint density at radius 2 is 2.35 bits per heavy atom. The zero-order valence-corrected chi connectivity index (χ0v) is 13.2. The molecule has 1 fully saturated rings. The molecule has 0 spiro atoms. The maximum Gasteiger partial charge on any atom is 0.508 e. The average Bonchev–Trinajstić information content (AvgIpc) is 2.52. The van der Waals surface area contributed by atoms with Crippen LogP contribution in [-0.2, 0) is 14.3 Å². The van der Waals surface area contributed by atoms with E-state index in [0.717, 1.165) is 11.8 Å². The second kappa shape index (κ2) is 7.77. The Hall–Kier alpha value is -2.35. The number of aromatic nitrogens is 1. The molecule has 3 atom stereocenters. The van der Waals surface area contributed by atoms with Crippen LogP contribution in [0.4, 0.5) is 4.79 Å². The third-order valence-corrected chi connectivity index (χ3v) is 4.27. The summed E-state index contributed by atoms with van der Waals surface area (Å²) >= 11 is 0.965. The van der Waals surface area contributed by atoms with Crippen molar-refractivity contribution in [2.45, 2.75) is 18.4 Å². The van der Waals surface area contributed by atoms with E-state index in [2.05, 4.69) is 16.9 Å². The number of carbonyl (C=O) groups excluding carboxylic acids is 3. The fraction of sp³-hybridized carbons (Fsp3) is 0.333. The van der Waals surface area contributed by atoms with Crippen molar-refractivity contribution in [1.82, 2.24) is 10.3 Å². The molecule has 122 valence electrons. The van der Waals surface area contributed by atoms with Crippen LogP contribution in [0.25, 0.3) is 0 Å². The van der Waals surface area contributed by atoms with Crippen molar-refractivity contribution in [2.24, 2.45) is 5.92 Å². The van der Waals surface area contributed by atoms with Gasteiger partial charge in [0.15, 0.2) is 0 Å². The number of ether oxygens (including phenoxy) is 2. The van der Waals surface area contributed by atoms with E-state index in [4.69, 9.17) is 9.47 Å². The van der Waals surface area contributed by atoms with Crippen LogP contribution in [0.1, 0.15) is 17.3 Å². The van der Waals surface area contributed by atoms with Gasteiger partial charge in [0.1, 0.15) is 18.6 Å². The van der Waals surface area contributed by atoms with Crippen LogP contribution in [0.15, 0.2) is 37.2 Å². The summed E-state index contributed by atoms with van der Waals surface area (Å²) in [5.41, 5.74) is 0.441. The van der Waals surface area contributed by atoms with Gasteiger partial charge in [0.2, 0.25) is 11.0 Å². The van der Waals surface area contributed by atoms with Gasteiger partial charge in [-0.3, -0.25) is 14.6 Å². The van der Waals surface area contributed by atoms with E-state index in [1.54, 1.807) is 25.3 Å². The first kappa shape index (κ1) is 17.0. The van der Waals surface area contributed by atoms with Crippen molar-refractivity contribution < 1.29 is 23.9 Å². The monoisotopic (exact) mass is 336 g/mol. The Bertz CT molecular complexity index is 607. The van der Waals surface area contributed by atoms with Gasteiger partial charge in [-0.15, -0.1) is 0 Å². The Kier molecular flexibility index (Phi) is 5.75. The van der Waals surface area contributed by atoms with Gasteiger partial charge in [0.25, 0.3) is 0 Å². The summed E-state index contributed by atoms with van der Waals surface area (Å²) in [5, 5.41) is 1.95. The lowest BCUT2D eigenvalue weighted by atomic mass is 9.96. The quantitative estimate of drug-likeness (QED) is 0.480. The predicted octanol–water partition coefficient (Wildman–Crippen LogP) is 1.75. The highest BCUT2D eigenvalue weighted by Gasteiger charge is 2.46. The predicted molar refractivity (Wildman–Crippen MR) is 83.7 cm³/mol. The number of hydrogen-bond acceptors (Lipinski definition) is 7. The number of thioether (sulfide) groups is 1. The lowest BCUT2D eigenvalue weighted by Gasteiger charge is -2.38. The third kappa shape index (κ3) is 4.32. The third-order valence-electron chi connectivity index (χ3n) is 3.15. The Labute approximate surface area is 137 Å². The second-order valence-corrected chi connectivity index (χ2v) is 5.89. The number of β-lactam (4-membered cyclic amide) rings is 1. The number of hydrogen-bond donors (Lipinski definition) is 1. The molecule has 1 aliphatic rings. The number of pyridine rings is 1. The number of nitrogens with zero attached hydrogens (tertiary/aromatic N) is 1. The minimum atomic E-state index is -0.876. The highest BCUT2D eigenvalue weighted by Crippen LogP contribution is 2.32. The molecule has 23 heavy (non-hydrogen) atoms. The largest absolute Gasteiger partial charge is 0.508 e. The molecule has 1 amide bonds. The molecule has 2 rings (SSSR count). The molecule has 2 heterocycles. The van der Waals surface area contributed by atoms with E-state index in [1.807, 2.05) is 0 Å². The zero-order valence-electron chi connectivity index (χ0n) is 12.4. The molecule has 1 aromatic rings. The fourth-order valence-corrected chi connectivity index (χ4v) is 3.14. The van der Waals surface area contributed by atoms with Crippen LogP contribution in [0.3, 0.4) is 0 Å². The summed E-state index contributed by atoms with van der Waals surface area (Å²) in [4.78, 5) is 39.1. The van der Waals surface area contributed by atoms with Crippen LogP contribution in [0, 0.1) is 5.92 Å². The van der Waals surface area contributed by atoms with Gasteiger partial charge >= 0.3 is 6.16 Å². The highest BCUT2D eigenvalue weighted by atomic mass is 32.2. The van der Waals surface area contributed by atoms with Gasteiger partial charge < -0.3 is 14.8 Å². The van der Waals surface area contributed by atoms with Gasteiger partial charge in [0.05, 0.1) is 5.37 Å². The number of carbonyl (C=O) groups is 3. The van der Waals surface area contributed by atoms with Crippen molar-refractivity contribution in [1.29, 1.82) is 0 Å². The van der Waals surface area contributed by atoms with Crippen molar-refractivity contribution >= 4 is 28.9 Å². The summed E-state index contributed by atoms with van der Waals surface area (Å²) in [6.07, 6.45) is 2.85. The van der Waals surface area contributed by atoms with E-state index in [0.29, 0.717) is 5.56 Å². The van der Waals surface area contributed by atoms with Crippen LogP contribution < -0.4 is 5.32 Å². The topological polar surface area (TPSA) is 94.6 Å². The number of amides is 1. The molecule has 1 aromatic heterocycles. The standard InChI is InChI=1S/C15H16N2O5S/c1-3-7-21-15(20)22-9(2)11-12(18)17-13(11)23-14(19)10-5-4-6-16-8-10/h3-6,8-9,11,13H,1,7H2,2H3,(H,17,18)/t9-,11+,13-/m1/s1. The first-order valence-electron chi connectivity index (χ1n) is 6.88.